The van der Waals surface area contributed by atoms with Crippen LogP contribution in [0.4, 0.5) is 11.6 Å². The number of benzene rings is 1. The SMILES string of the molecule is CCN(CC)c1noc(-c2cccc(Br)c2N)n1. The molecule has 0 unspecified atom stereocenters. The minimum atomic E-state index is 0.440. The molecule has 96 valence electrons. The van der Waals surface area contributed by atoms with Crippen LogP contribution in [-0.4, -0.2) is 23.2 Å². The summed E-state index contributed by atoms with van der Waals surface area (Å²) in [7, 11) is 0. The van der Waals surface area contributed by atoms with Gasteiger partial charge in [0.1, 0.15) is 0 Å². The van der Waals surface area contributed by atoms with Gasteiger partial charge >= 0.3 is 0 Å². The molecule has 0 bridgehead atoms. The maximum atomic E-state index is 5.98. The number of aromatic nitrogens is 2. The third-order valence-electron chi connectivity index (χ3n) is 2.74. The summed E-state index contributed by atoms with van der Waals surface area (Å²) in [5.41, 5.74) is 7.33. The van der Waals surface area contributed by atoms with Crippen molar-refractivity contribution in [2.24, 2.45) is 0 Å². The first kappa shape index (κ1) is 12.9. The van der Waals surface area contributed by atoms with Crippen molar-refractivity contribution in [3.05, 3.63) is 22.7 Å². The smallest absolute Gasteiger partial charge is 0.266 e. The maximum Gasteiger partial charge on any atom is 0.266 e. The fourth-order valence-corrected chi connectivity index (χ4v) is 2.05. The summed E-state index contributed by atoms with van der Waals surface area (Å²) in [5.74, 6) is 1.03. The molecule has 1 aromatic heterocycles. The molecule has 0 amide bonds. The number of hydrogen-bond acceptors (Lipinski definition) is 5. The van der Waals surface area contributed by atoms with Crippen LogP contribution in [0.1, 0.15) is 13.8 Å². The van der Waals surface area contributed by atoms with Crippen molar-refractivity contribution in [2.75, 3.05) is 23.7 Å². The zero-order chi connectivity index (χ0) is 13.1. The lowest BCUT2D eigenvalue weighted by Gasteiger charge is -2.14. The van der Waals surface area contributed by atoms with Gasteiger partial charge in [-0.2, -0.15) is 4.98 Å². The van der Waals surface area contributed by atoms with E-state index < -0.39 is 0 Å². The minimum Gasteiger partial charge on any atom is -0.397 e. The van der Waals surface area contributed by atoms with Crippen molar-refractivity contribution in [1.82, 2.24) is 10.1 Å². The van der Waals surface area contributed by atoms with E-state index in [-0.39, 0.29) is 0 Å². The van der Waals surface area contributed by atoms with Crippen LogP contribution < -0.4 is 10.6 Å². The van der Waals surface area contributed by atoms with Crippen LogP contribution in [0.15, 0.2) is 27.2 Å². The van der Waals surface area contributed by atoms with E-state index in [1.807, 2.05) is 36.9 Å². The summed E-state index contributed by atoms with van der Waals surface area (Å²) in [6.45, 7) is 5.77. The van der Waals surface area contributed by atoms with Gasteiger partial charge in [-0.25, -0.2) is 0 Å². The standard InChI is InChI=1S/C12H15BrN4O/c1-3-17(4-2)12-15-11(18-16-12)8-6-5-7-9(13)10(8)14/h5-7H,3-4,14H2,1-2H3. The quantitative estimate of drug-likeness (QED) is 0.879. The molecule has 0 aliphatic heterocycles. The van der Waals surface area contributed by atoms with Gasteiger partial charge in [0.25, 0.3) is 11.8 Å². The molecule has 0 atom stereocenters. The molecule has 18 heavy (non-hydrogen) atoms. The lowest BCUT2D eigenvalue weighted by Crippen LogP contribution is -2.22. The van der Waals surface area contributed by atoms with Crippen LogP contribution in [0.2, 0.25) is 0 Å². The summed E-state index contributed by atoms with van der Waals surface area (Å²) in [6.07, 6.45) is 0. The van der Waals surface area contributed by atoms with E-state index in [2.05, 4.69) is 26.1 Å². The lowest BCUT2D eigenvalue weighted by molar-refractivity contribution is 0.429. The van der Waals surface area contributed by atoms with Crippen molar-refractivity contribution in [1.29, 1.82) is 0 Å². The molecule has 0 aliphatic rings. The number of para-hydroxylation sites is 1. The van der Waals surface area contributed by atoms with Crippen LogP contribution in [0, 0.1) is 0 Å². The molecular formula is C12H15BrN4O. The Balaban J connectivity index is 2.38. The van der Waals surface area contributed by atoms with Gasteiger partial charge in [0.2, 0.25) is 0 Å². The molecule has 2 N–H and O–H groups in total. The highest BCUT2D eigenvalue weighted by Crippen LogP contribution is 2.31. The van der Waals surface area contributed by atoms with Gasteiger partial charge in [-0.05, 0) is 47.1 Å². The number of rotatable bonds is 4. The topological polar surface area (TPSA) is 68.2 Å². The molecule has 0 fully saturated rings. The van der Waals surface area contributed by atoms with E-state index in [1.54, 1.807) is 0 Å². The molecule has 0 aliphatic carbocycles. The Morgan fingerprint density at radius 1 is 1.33 bits per heavy atom. The number of nitrogens with zero attached hydrogens (tertiary/aromatic N) is 3. The summed E-state index contributed by atoms with van der Waals surface area (Å²) in [4.78, 5) is 6.39. The molecule has 0 radical (unpaired) electrons. The van der Waals surface area contributed by atoms with Gasteiger partial charge in [0.05, 0.1) is 11.3 Å². The largest absolute Gasteiger partial charge is 0.397 e. The van der Waals surface area contributed by atoms with E-state index in [4.69, 9.17) is 10.3 Å². The van der Waals surface area contributed by atoms with Crippen LogP contribution in [0.3, 0.4) is 0 Å². The van der Waals surface area contributed by atoms with Gasteiger partial charge in [0, 0.05) is 17.6 Å². The van der Waals surface area contributed by atoms with Gasteiger partial charge in [0.15, 0.2) is 0 Å². The summed E-state index contributed by atoms with van der Waals surface area (Å²) >= 11 is 3.38. The van der Waals surface area contributed by atoms with Crippen molar-refractivity contribution in [3.8, 4) is 11.5 Å². The molecule has 1 heterocycles. The van der Waals surface area contributed by atoms with Gasteiger partial charge in [-0.15, -0.1) is 0 Å². The molecular weight excluding hydrogens is 296 g/mol. The van der Waals surface area contributed by atoms with Crippen LogP contribution in [-0.2, 0) is 0 Å². The van der Waals surface area contributed by atoms with E-state index in [1.165, 1.54) is 0 Å². The zero-order valence-electron chi connectivity index (χ0n) is 10.4. The molecule has 2 aromatic rings. The Kier molecular flexibility index (Phi) is 3.86. The van der Waals surface area contributed by atoms with Crippen LogP contribution in [0.25, 0.3) is 11.5 Å². The molecule has 0 saturated heterocycles. The average molecular weight is 311 g/mol. The number of nitrogens with two attached hydrogens (primary N) is 1. The van der Waals surface area contributed by atoms with E-state index in [9.17, 15) is 0 Å². The third-order valence-corrected chi connectivity index (χ3v) is 3.44. The van der Waals surface area contributed by atoms with Gasteiger partial charge < -0.3 is 15.2 Å². The second-order valence-electron chi connectivity index (χ2n) is 3.77. The third kappa shape index (κ3) is 2.33. The summed E-state index contributed by atoms with van der Waals surface area (Å²) in [6, 6.07) is 5.62. The molecule has 0 saturated carbocycles. The van der Waals surface area contributed by atoms with Crippen LogP contribution in [0.5, 0.6) is 0 Å². The Labute approximate surface area is 114 Å². The van der Waals surface area contributed by atoms with E-state index in [0.717, 1.165) is 23.1 Å². The first-order valence-electron chi connectivity index (χ1n) is 5.80. The number of anilines is 2. The maximum absolute atomic E-state index is 5.98. The molecule has 5 nitrogen and oxygen atoms in total. The molecule has 0 spiro atoms. The molecule has 6 heteroatoms. The Hall–Kier alpha value is -1.56. The highest BCUT2D eigenvalue weighted by molar-refractivity contribution is 9.10. The number of nitrogen functional groups attached to an aromatic ring is 1. The van der Waals surface area contributed by atoms with Gasteiger partial charge in [-0.3, -0.25) is 0 Å². The number of hydrogen-bond donors (Lipinski definition) is 1. The van der Waals surface area contributed by atoms with Crippen molar-refractivity contribution >= 4 is 27.6 Å². The lowest BCUT2D eigenvalue weighted by atomic mass is 10.2. The highest BCUT2D eigenvalue weighted by atomic mass is 79.9. The summed E-state index contributed by atoms with van der Waals surface area (Å²) < 4.78 is 6.09. The predicted molar refractivity (Wildman–Crippen MR) is 75.4 cm³/mol. The van der Waals surface area contributed by atoms with E-state index in [0.29, 0.717) is 17.5 Å². The van der Waals surface area contributed by atoms with E-state index >= 15 is 0 Å². The second kappa shape index (κ2) is 5.39. The first-order chi connectivity index (χ1) is 8.67. The van der Waals surface area contributed by atoms with Crippen molar-refractivity contribution in [2.45, 2.75) is 13.8 Å². The average Bonchev–Trinajstić information content (AvgIpc) is 2.84. The molecule has 1 aromatic carbocycles. The second-order valence-corrected chi connectivity index (χ2v) is 4.63. The Morgan fingerprint density at radius 3 is 2.72 bits per heavy atom. The Bertz CT molecular complexity index is 537. The van der Waals surface area contributed by atoms with Crippen LogP contribution >= 0.6 is 15.9 Å². The minimum absolute atomic E-state index is 0.440. The highest BCUT2D eigenvalue weighted by Gasteiger charge is 2.15. The zero-order valence-corrected chi connectivity index (χ0v) is 11.9. The summed E-state index contributed by atoms with van der Waals surface area (Å²) in [5, 5.41) is 3.97. The Morgan fingerprint density at radius 2 is 2.06 bits per heavy atom. The molecule has 2 rings (SSSR count). The van der Waals surface area contributed by atoms with Crippen molar-refractivity contribution in [3.63, 3.8) is 0 Å². The fraction of sp³-hybridized carbons (Fsp3) is 0.333. The number of halogens is 1. The monoisotopic (exact) mass is 310 g/mol. The predicted octanol–water partition coefficient (Wildman–Crippen LogP) is 2.93. The van der Waals surface area contributed by atoms with Gasteiger partial charge in [-0.1, -0.05) is 6.07 Å². The normalized spacial score (nSPS) is 10.6. The van der Waals surface area contributed by atoms with Crippen molar-refractivity contribution < 1.29 is 4.52 Å². The fourth-order valence-electron chi connectivity index (χ4n) is 1.68. The first-order valence-corrected chi connectivity index (χ1v) is 6.59.